The van der Waals surface area contributed by atoms with Crippen LogP contribution >= 0.6 is 11.3 Å². The zero-order valence-electron chi connectivity index (χ0n) is 14.3. The lowest BCUT2D eigenvalue weighted by Gasteiger charge is -2.05. The fourth-order valence-corrected chi connectivity index (χ4v) is 3.02. The van der Waals surface area contributed by atoms with Gasteiger partial charge in [-0.1, -0.05) is 18.2 Å². The summed E-state index contributed by atoms with van der Waals surface area (Å²) in [6.07, 6.45) is 0.191. The number of hydrogen-bond donors (Lipinski definition) is 1. The van der Waals surface area contributed by atoms with Crippen molar-refractivity contribution in [1.29, 1.82) is 0 Å². The molecule has 0 bridgehead atoms. The van der Waals surface area contributed by atoms with Crippen LogP contribution < -0.4 is 10.1 Å². The maximum atomic E-state index is 12.1. The summed E-state index contributed by atoms with van der Waals surface area (Å²) < 4.78 is 5.66. The van der Waals surface area contributed by atoms with E-state index in [9.17, 15) is 9.59 Å². The number of carbonyl (C=O) groups excluding carboxylic acids is 2. The van der Waals surface area contributed by atoms with Crippen molar-refractivity contribution in [3.05, 3.63) is 76.2 Å². The quantitative estimate of drug-likeness (QED) is 0.639. The molecule has 3 aromatic rings. The van der Waals surface area contributed by atoms with E-state index in [-0.39, 0.29) is 18.1 Å². The average Bonchev–Trinajstić information content (AvgIpc) is 3.08. The Bertz CT molecular complexity index is 889. The summed E-state index contributed by atoms with van der Waals surface area (Å²) in [5.41, 5.74) is 1.98. The van der Waals surface area contributed by atoms with Crippen LogP contribution in [0.2, 0.25) is 0 Å². The van der Waals surface area contributed by atoms with Crippen LogP contribution in [-0.4, -0.2) is 16.7 Å². The van der Waals surface area contributed by atoms with E-state index in [1.54, 1.807) is 24.3 Å². The molecule has 6 heteroatoms. The lowest BCUT2D eigenvalue weighted by atomic mass is 10.1. The molecule has 0 fully saturated rings. The monoisotopic (exact) mass is 366 g/mol. The van der Waals surface area contributed by atoms with Crippen molar-refractivity contribution in [2.75, 3.05) is 5.32 Å². The van der Waals surface area contributed by atoms with Gasteiger partial charge < -0.3 is 10.1 Å². The topological polar surface area (TPSA) is 68.3 Å². The third kappa shape index (κ3) is 5.00. The Morgan fingerprint density at radius 3 is 2.50 bits per heavy atom. The summed E-state index contributed by atoms with van der Waals surface area (Å²) >= 11 is 1.47. The molecule has 26 heavy (non-hydrogen) atoms. The number of rotatable bonds is 7. The summed E-state index contributed by atoms with van der Waals surface area (Å²) in [6, 6.07) is 16.4. The van der Waals surface area contributed by atoms with Gasteiger partial charge in [-0.25, -0.2) is 4.98 Å². The molecule has 0 saturated heterocycles. The number of ether oxygens (including phenoxy) is 1. The average molecular weight is 366 g/mol. The van der Waals surface area contributed by atoms with E-state index in [1.165, 1.54) is 18.3 Å². The molecule has 0 aliphatic heterocycles. The van der Waals surface area contributed by atoms with Crippen LogP contribution in [0.5, 0.6) is 5.75 Å². The van der Waals surface area contributed by atoms with Gasteiger partial charge in [0.1, 0.15) is 17.4 Å². The van der Waals surface area contributed by atoms with Crippen molar-refractivity contribution < 1.29 is 14.3 Å². The van der Waals surface area contributed by atoms with E-state index in [0.29, 0.717) is 23.6 Å². The van der Waals surface area contributed by atoms with E-state index in [0.717, 1.165) is 10.8 Å². The second-order valence-corrected chi connectivity index (χ2v) is 6.64. The van der Waals surface area contributed by atoms with Gasteiger partial charge in [-0.05, 0) is 43.3 Å². The number of nitrogens with one attached hydrogen (secondary N) is 1. The predicted molar refractivity (Wildman–Crippen MR) is 102 cm³/mol. The van der Waals surface area contributed by atoms with E-state index >= 15 is 0 Å². The summed E-state index contributed by atoms with van der Waals surface area (Å²) in [5.74, 6) is 0.632. The summed E-state index contributed by atoms with van der Waals surface area (Å²) in [7, 11) is 0. The van der Waals surface area contributed by atoms with Crippen molar-refractivity contribution >= 4 is 28.7 Å². The molecule has 0 unspecified atom stereocenters. The van der Waals surface area contributed by atoms with Crippen molar-refractivity contribution in [2.24, 2.45) is 0 Å². The minimum absolute atomic E-state index is 0.00407. The first-order valence-corrected chi connectivity index (χ1v) is 9.00. The van der Waals surface area contributed by atoms with Gasteiger partial charge >= 0.3 is 0 Å². The number of Topliss-reactive ketones (excluding diaryl/α,β-unsaturated/α-hetero) is 1. The number of thiazole rings is 1. The van der Waals surface area contributed by atoms with E-state index in [1.807, 2.05) is 35.7 Å². The Morgan fingerprint density at radius 2 is 1.81 bits per heavy atom. The van der Waals surface area contributed by atoms with Crippen LogP contribution in [0.15, 0.2) is 60.0 Å². The molecule has 2 aromatic carbocycles. The van der Waals surface area contributed by atoms with Crippen molar-refractivity contribution in [1.82, 2.24) is 4.98 Å². The highest BCUT2D eigenvalue weighted by Crippen LogP contribution is 2.16. The van der Waals surface area contributed by atoms with Crippen LogP contribution in [0.4, 0.5) is 5.69 Å². The molecule has 0 radical (unpaired) electrons. The van der Waals surface area contributed by atoms with Crippen molar-refractivity contribution in [2.45, 2.75) is 20.0 Å². The lowest BCUT2D eigenvalue weighted by Crippen LogP contribution is -2.14. The third-order valence-electron chi connectivity index (χ3n) is 3.62. The number of benzene rings is 2. The molecule has 1 heterocycles. The van der Waals surface area contributed by atoms with E-state index in [2.05, 4.69) is 10.3 Å². The van der Waals surface area contributed by atoms with Gasteiger partial charge in [-0.3, -0.25) is 9.59 Å². The second kappa shape index (κ2) is 8.40. The maximum Gasteiger partial charge on any atom is 0.230 e. The normalized spacial score (nSPS) is 10.3. The van der Waals surface area contributed by atoms with Gasteiger partial charge in [0.2, 0.25) is 5.91 Å². The highest BCUT2D eigenvalue weighted by atomic mass is 32.1. The number of para-hydroxylation sites is 1. The molecular formula is C20H18N2O3S. The minimum atomic E-state index is -0.151. The number of aromatic nitrogens is 1. The molecule has 132 valence electrons. The highest BCUT2D eigenvalue weighted by Gasteiger charge is 2.09. The van der Waals surface area contributed by atoms with Crippen LogP contribution in [0.25, 0.3) is 0 Å². The number of carbonyl (C=O) groups is 2. The summed E-state index contributed by atoms with van der Waals surface area (Å²) in [4.78, 5) is 27.8. The van der Waals surface area contributed by atoms with Crippen molar-refractivity contribution in [3.63, 3.8) is 0 Å². The van der Waals surface area contributed by atoms with Gasteiger partial charge in [-0.15, -0.1) is 11.3 Å². The first kappa shape index (κ1) is 17.8. The Balaban J connectivity index is 1.51. The van der Waals surface area contributed by atoms with E-state index in [4.69, 9.17) is 4.74 Å². The molecule has 0 aliphatic carbocycles. The number of amides is 1. The molecule has 0 aliphatic rings. The molecule has 1 amide bonds. The lowest BCUT2D eigenvalue weighted by molar-refractivity contribution is -0.115. The summed E-state index contributed by atoms with van der Waals surface area (Å²) in [5, 5.41) is 5.49. The maximum absolute atomic E-state index is 12.1. The zero-order valence-corrected chi connectivity index (χ0v) is 15.1. The standard InChI is InChI=1S/C20H18N2O3S/c1-14(23)15-7-9-16(10-8-15)21-19(24)11-17-13-26-20(22-17)12-25-18-5-3-2-4-6-18/h2-10,13H,11-12H2,1H3,(H,21,24). The predicted octanol–water partition coefficient (Wildman–Crippen LogP) is 4.11. The number of ketones is 1. The first-order valence-electron chi connectivity index (χ1n) is 8.12. The smallest absolute Gasteiger partial charge is 0.230 e. The van der Waals surface area contributed by atoms with E-state index < -0.39 is 0 Å². The molecule has 1 N–H and O–H groups in total. The largest absolute Gasteiger partial charge is 0.486 e. The zero-order chi connectivity index (χ0) is 18.4. The fraction of sp³-hybridized carbons (Fsp3) is 0.150. The molecule has 0 atom stereocenters. The second-order valence-electron chi connectivity index (χ2n) is 5.69. The molecule has 0 spiro atoms. The van der Waals surface area contributed by atoms with Gasteiger partial charge in [-0.2, -0.15) is 0 Å². The number of anilines is 1. The van der Waals surface area contributed by atoms with Crippen molar-refractivity contribution in [3.8, 4) is 5.75 Å². The Kier molecular flexibility index (Phi) is 5.76. The molecule has 1 aromatic heterocycles. The van der Waals surface area contributed by atoms with Crippen LogP contribution in [0, 0.1) is 0 Å². The number of hydrogen-bond acceptors (Lipinski definition) is 5. The SMILES string of the molecule is CC(=O)c1ccc(NC(=O)Cc2csc(COc3ccccc3)n2)cc1. The molecular weight excluding hydrogens is 348 g/mol. The van der Waals surface area contributed by atoms with Crippen LogP contribution in [0.1, 0.15) is 28.0 Å². The molecule has 5 nitrogen and oxygen atoms in total. The Labute approximate surface area is 155 Å². The van der Waals surface area contributed by atoms with Crippen LogP contribution in [0.3, 0.4) is 0 Å². The Hall–Kier alpha value is -2.99. The van der Waals surface area contributed by atoms with Crippen LogP contribution in [-0.2, 0) is 17.8 Å². The van der Waals surface area contributed by atoms with Gasteiger partial charge in [0.15, 0.2) is 5.78 Å². The number of nitrogens with zero attached hydrogens (tertiary/aromatic N) is 1. The highest BCUT2D eigenvalue weighted by molar-refractivity contribution is 7.09. The third-order valence-corrected chi connectivity index (χ3v) is 4.49. The molecule has 0 saturated carbocycles. The first-order chi connectivity index (χ1) is 12.6. The fourth-order valence-electron chi connectivity index (χ4n) is 2.32. The van der Waals surface area contributed by atoms with Gasteiger partial charge in [0, 0.05) is 16.6 Å². The Morgan fingerprint density at radius 1 is 1.08 bits per heavy atom. The van der Waals surface area contributed by atoms with Gasteiger partial charge in [0.05, 0.1) is 12.1 Å². The van der Waals surface area contributed by atoms with Gasteiger partial charge in [0.25, 0.3) is 0 Å². The summed E-state index contributed by atoms with van der Waals surface area (Å²) in [6.45, 7) is 1.89. The minimum Gasteiger partial charge on any atom is -0.486 e. The molecule has 3 rings (SSSR count).